The maximum absolute atomic E-state index is 13.4. The molecule has 6 nitrogen and oxygen atoms in total. The quantitative estimate of drug-likeness (QED) is 0.228. The van der Waals surface area contributed by atoms with Gasteiger partial charge in [-0.05, 0) is 59.2 Å². The van der Waals surface area contributed by atoms with Gasteiger partial charge in [0.1, 0.15) is 11.9 Å². The fourth-order valence-corrected chi connectivity index (χ4v) is 4.84. The van der Waals surface area contributed by atoms with Crippen molar-refractivity contribution in [1.82, 2.24) is 10.3 Å². The largest absolute Gasteiger partial charge is 0.480 e. The van der Waals surface area contributed by atoms with Crippen molar-refractivity contribution in [3.05, 3.63) is 114 Å². The van der Waals surface area contributed by atoms with Crippen molar-refractivity contribution in [1.29, 1.82) is 0 Å². The van der Waals surface area contributed by atoms with E-state index >= 15 is 0 Å². The average molecular weight is 512 g/mol. The van der Waals surface area contributed by atoms with Gasteiger partial charge < -0.3 is 15.7 Å². The number of benzene rings is 4. The maximum Gasteiger partial charge on any atom is 0.326 e. The first-order chi connectivity index (χ1) is 17.9. The highest BCUT2D eigenvalue weighted by molar-refractivity contribution is 7.22. The van der Waals surface area contributed by atoms with E-state index in [1.54, 1.807) is 18.2 Å². The van der Waals surface area contributed by atoms with Crippen LogP contribution < -0.4 is 10.6 Å². The van der Waals surface area contributed by atoms with Crippen molar-refractivity contribution in [3.63, 3.8) is 0 Å². The third-order valence-electron chi connectivity index (χ3n) is 5.85. The molecule has 0 aliphatic carbocycles. The van der Waals surface area contributed by atoms with E-state index in [2.05, 4.69) is 15.6 Å². The number of nitrogens with one attached hydrogen (secondary N) is 2. The van der Waals surface area contributed by atoms with Crippen LogP contribution in [0.4, 0.5) is 15.2 Å². The molecule has 5 rings (SSSR count). The topological polar surface area (TPSA) is 91.3 Å². The number of rotatable bonds is 8. The first-order valence-electron chi connectivity index (χ1n) is 11.6. The lowest BCUT2D eigenvalue weighted by molar-refractivity contribution is -0.139. The predicted octanol–water partition coefficient (Wildman–Crippen LogP) is 6.27. The molecular formula is C29H22FN3O3S. The summed E-state index contributed by atoms with van der Waals surface area (Å²) in [5.74, 6) is -1.81. The molecule has 0 bridgehead atoms. The SMILES string of the molecule is O=C(N[C@@H](Cc1ccccc1)C(=O)O)c1ccc(-c2ccc(Nc3nc4ccc(F)cc4s3)cc2)cc1. The second-order valence-electron chi connectivity index (χ2n) is 8.46. The zero-order valence-electron chi connectivity index (χ0n) is 19.5. The van der Waals surface area contributed by atoms with Gasteiger partial charge in [-0.2, -0.15) is 0 Å². The molecule has 1 atom stereocenters. The predicted molar refractivity (Wildman–Crippen MR) is 144 cm³/mol. The smallest absolute Gasteiger partial charge is 0.326 e. The summed E-state index contributed by atoms with van der Waals surface area (Å²) in [6.45, 7) is 0. The molecule has 5 aromatic rings. The molecule has 4 aromatic carbocycles. The number of aromatic nitrogens is 1. The molecule has 1 heterocycles. The first-order valence-corrected chi connectivity index (χ1v) is 12.4. The summed E-state index contributed by atoms with van der Waals surface area (Å²) < 4.78 is 14.2. The van der Waals surface area contributed by atoms with Crippen molar-refractivity contribution in [2.24, 2.45) is 0 Å². The van der Waals surface area contributed by atoms with Crippen molar-refractivity contribution < 1.29 is 19.1 Å². The molecule has 1 amide bonds. The van der Waals surface area contributed by atoms with Gasteiger partial charge in [0.15, 0.2) is 5.13 Å². The number of fused-ring (bicyclic) bond motifs is 1. The number of carbonyl (C=O) groups excluding carboxylic acids is 1. The highest BCUT2D eigenvalue weighted by atomic mass is 32.1. The summed E-state index contributed by atoms with van der Waals surface area (Å²) in [6, 6.07) is 27.4. The standard InChI is InChI=1S/C29H22FN3O3S/c30-22-12-15-24-26(17-22)37-29(33-24)31-23-13-10-20(11-14-23)19-6-8-21(9-7-19)27(34)32-25(28(35)36)16-18-4-2-1-3-5-18/h1-15,17,25H,16H2,(H,31,33)(H,32,34)(H,35,36)/t25-/m0/s1. The minimum Gasteiger partial charge on any atom is -0.480 e. The average Bonchev–Trinajstić information content (AvgIpc) is 3.30. The Morgan fingerprint density at radius 3 is 2.24 bits per heavy atom. The lowest BCUT2D eigenvalue weighted by Gasteiger charge is -2.15. The molecule has 184 valence electrons. The summed E-state index contributed by atoms with van der Waals surface area (Å²) >= 11 is 1.38. The molecule has 1 aromatic heterocycles. The number of carboxylic acid groups (broad SMARTS) is 1. The molecule has 0 spiro atoms. The summed E-state index contributed by atoms with van der Waals surface area (Å²) in [4.78, 5) is 28.8. The third kappa shape index (κ3) is 5.82. The molecule has 0 unspecified atom stereocenters. The van der Waals surface area contributed by atoms with E-state index in [1.807, 2.05) is 66.7 Å². The molecule has 0 radical (unpaired) electrons. The minimum absolute atomic E-state index is 0.203. The van der Waals surface area contributed by atoms with Gasteiger partial charge in [0, 0.05) is 17.7 Å². The number of thiazole rings is 1. The number of amides is 1. The molecule has 0 fully saturated rings. The Bertz CT molecular complexity index is 1550. The van der Waals surface area contributed by atoms with Crippen LogP contribution in [0.3, 0.4) is 0 Å². The van der Waals surface area contributed by atoms with Gasteiger partial charge in [-0.15, -0.1) is 0 Å². The van der Waals surface area contributed by atoms with Crippen LogP contribution in [-0.4, -0.2) is 28.0 Å². The number of hydrogen-bond donors (Lipinski definition) is 3. The third-order valence-corrected chi connectivity index (χ3v) is 6.79. The van der Waals surface area contributed by atoms with E-state index in [0.29, 0.717) is 10.7 Å². The molecule has 3 N–H and O–H groups in total. The Morgan fingerprint density at radius 1 is 0.892 bits per heavy atom. The second kappa shape index (κ2) is 10.6. The number of halogens is 1. The van der Waals surface area contributed by atoms with Crippen LogP contribution in [-0.2, 0) is 11.2 Å². The molecular weight excluding hydrogens is 489 g/mol. The van der Waals surface area contributed by atoms with Gasteiger partial charge in [-0.25, -0.2) is 14.2 Å². The minimum atomic E-state index is -1.08. The van der Waals surface area contributed by atoms with Crippen molar-refractivity contribution in [3.8, 4) is 11.1 Å². The monoisotopic (exact) mass is 511 g/mol. The number of aliphatic carboxylic acids is 1. The lowest BCUT2D eigenvalue weighted by Crippen LogP contribution is -2.42. The number of carbonyl (C=O) groups is 2. The fraction of sp³-hybridized carbons (Fsp3) is 0.0690. The van der Waals surface area contributed by atoms with E-state index in [-0.39, 0.29) is 12.2 Å². The van der Waals surface area contributed by atoms with Crippen molar-refractivity contribution in [2.45, 2.75) is 12.5 Å². The maximum atomic E-state index is 13.4. The Hall–Kier alpha value is -4.56. The van der Waals surface area contributed by atoms with Crippen LogP contribution in [0.15, 0.2) is 97.1 Å². The highest BCUT2D eigenvalue weighted by Crippen LogP contribution is 2.30. The number of hydrogen-bond acceptors (Lipinski definition) is 5. The lowest BCUT2D eigenvalue weighted by atomic mass is 10.0. The van der Waals surface area contributed by atoms with Gasteiger partial charge in [-0.3, -0.25) is 4.79 Å². The second-order valence-corrected chi connectivity index (χ2v) is 9.50. The Morgan fingerprint density at radius 2 is 1.57 bits per heavy atom. The summed E-state index contributed by atoms with van der Waals surface area (Å²) in [6.07, 6.45) is 0.203. The number of carboxylic acids is 1. The molecule has 0 aliphatic rings. The van der Waals surface area contributed by atoms with Crippen LogP contribution in [0.2, 0.25) is 0 Å². The summed E-state index contributed by atoms with van der Waals surface area (Å²) in [5.41, 5.74) is 4.67. The van der Waals surface area contributed by atoms with Gasteiger partial charge in [0.25, 0.3) is 5.91 Å². The number of nitrogens with zero attached hydrogens (tertiary/aromatic N) is 1. The Labute approximate surface area is 216 Å². The Kier molecular flexibility index (Phi) is 6.91. The zero-order valence-corrected chi connectivity index (χ0v) is 20.3. The first kappa shape index (κ1) is 24.1. The Balaban J connectivity index is 1.23. The van der Waals surface area contributed by atoms with E-state index < -0.39 is 17.9 Å². The molecule has 37 heavy (non-hydrogen) atoms. The van der Waals surface area contributed by atoms with Crippen LogP contribution in [0.5, 0.6) is 0 Å². The summed E-state index contributed by atoms with van der Waals surface area (Å²) in [7, 11) is 0. The van der Waals surface area contributed by atoms with Gasteiger partial charge >= 0.3 is 5.97 Å². The van der Waals surface area contributed by atoms with Crippen LogP contribution in [0.1, 0.15) is 15.9 Å². The summed E-state index contributed by atoms with van der Waals surface area (Å²) in [5, 5.41) is 16.1. The zero-order chi connectivity index (χ0) is 25.8. The van der Waals surface area contributed by atoms with Crippen molar-refractivity contribution in [2.75, 3.05) is 5.32 Å². The van der Waals surface area contributed by atoms with Crippen LogP contribution >= 0.6 is 11.3 Å². The normalized spacial score (nSPS) is 11.7. The molecule has 0 saturated carbocycles. The fourth-order valence-electron chi connectivity index (χ4n) is 3.93. The highest BCUT2D eigenvalue weighted by Gasteiger charge is 2.21. The van der Waals surface area contributed by atoms with E-state index in [4.69, 9.17) is 0 Å². The van der Waals surface area contributed by atoms with Gasteiger partial charge in [0.2, 0.25) is 0 Å². The van der Waals surface area contributed by atoms with Gasteiger partial charge in [-0.1, -0.05) is 65.9 Å². The van der Waals surface area contributed by atoms with Crippen LogP contribution in [0, 0.1) is 5.82 Å². The number of anilines is 2. The van der Waals surface area contributed by atoms with E-state index in [0.717, 1.165) is 32.6 Å². The molecule has 0 saturated heterocycles. The molecule has 0 aliphatic heterocycles. The van der Waals surface area contributed by atoms with Crippen molar-refractivity contribution >= 4 is 44.2 Å². The van der Waals surface area contributed by atoms with Crippen LogP contribution in [0.25, 0.3) is 21.3 Å². The van der Waals surface area contributed by atoms with E-state index in [1.165, 1.54) is 23.5 Å². The van der Waals surface area contributed by atoms with E-state index in [9.17, 15) is 19.1 Å². The molecule has 8 heteroatoms. The van der Waals surface area contributed by atoms with Gasteiger partial charge in [0.05, 0.1) is 10.2 Å².